The summed E-state index contributed by atoms with van der Waals surface area (Å²) in [5.41, 5.74) is 6.33. The number of aryl methyl sites for hydroxylation is 1. The molecular weight excluding hydrogens is 462 g/mol. The lowest BCUT2D eigenvalue weighted by atomic mass is 10.0. The molecular formula is C27H26ClN5S. The van der Waals surface area contributed by atoms with Gasteiger partial charge in [-0.3, -0.25) is 4.98 Å². The Labute approximate surface area is 210 Å². The first-order chi connectivity index (χ1) is 16.4. The van der Waals surface area contributed by atoms with Gasteiger partial charge < -0.3 is 19.7 Å². The molecule has 2 aromatic heterocycles. The van der Waals surface area contributed by atoms with Gasteiger partial charge in [-0.2, -0.15) is 0 Å². The van der Waals surface area contributed by atoms with Crippen molar-refractivity contribution in [2.75, 3.05) is 23.9 Å². The van der Waals surface area contributed by atoms with Crippen molar-refractivity contribution < 1.29 is 0 Å². The van der Waals surface area contributed by atoms with Crippen LogP contribution in [0.25, 0.3) is 5.69 Å². The van der Waals surface area contributed by atoms with E-state index >= 15 is 0 Å². The lowest BCUT2D eigenvalue weighted by Crippen LogP contribution is -2.30. The molecule has 0 aliphatic carbocycles. The van der Waals surface area contributed by atoms with E-state index in [1.54, 1.807) is 0 Å². The van der Waals surface area contributed by atoms with Crippen LogP contribution in [-0.4, -0.2) is 28.8 Å². The molecule has 2 aromatic carbocycles. The maximum absolute atomic E-state index is 6.31. The van der Waals surface area contributed by atoms with Crippen LogP contribution in [0.3, 0.4) is 0 Å². The van der Waals surface area contributed by atoms with Crippen molar-refractivity contribution >= 4 is 40.3 Å². The molecule has 1 fully saturated rings. The SMILES string of the molecule is Cc1cc(-n2cccc2[C@@H]2[C@H](c3ccccn3)NC(=S)N2c2ccc(N(C)C)cc2)ccc1Cl. The quantitative estimate of drug-likeness (QED) is 0.345. The van der Waals surface area contributed by atoms with Crippen molar-refractivity contribution in [2.24, 2.45) is 0 Å². The Morgan fingerprint density at radius 3 is 2.41 bits per heavy atom. The van der Waals surface area contributed by atoms with Crippen molar-refractivity contribution in [2.45, 2.75) is 19.0 Å². The minimum atomic E-state index is -0.107. The van der Waals surface area contributed by atoms with E-state index in [1.165, 1.54) is 0 Å². The summed E-state index contributed by atoms with van der Waals surface area (Å²) in [4.78, 5) is 8.95. The zero-order valence-corrected chi connectivity index (χ0v) is 20.9. The van der Waals surface area contributed by atoms with Crippen LogP contribution in [0.2, 0.25) is 5.02 Å². The van der Waals surface area contributed by atoms with E-state index in [9.17, 15) is 0 Å². The van der Waals surface area contributed by atoms with Crippen LogP contribution in [0.4, 0.5) is 11.4 Å². The van der Waals surface area contributed by atoms with Crippen LogP contribution in [0.1, 0.15) is 29.0 Å². The third-order valence-corrected chi connectivity index (χ3v) is 6.98. The molecule has 34 heavy (non-hydrogen) atoms. The van der Waals surface area contributed by atoms with Crippen molar-refractivity contribution in [3.05, 3.63) is 107 Å². The van der Waals surface area contributed by atoms with Crippen LogP contribution in [0, 0.1) is 6.92 Å². The van der Waals surface area contributed by atoms with E-state index < -0.39 is 0 Å². The number of hydrogen-bond acceptors (Lipinski definition) is 3. The van der Waals surface area contributed by atoms with Crippen LogP contribution < -0.4 is 15.1 Å². The monoisotopic (exact) mass is 487 g/mol. The molecule has 0 unspecified atom stereocenters. The Kier molecular flexibility index (Phi) is 6.02. The number of thiocarbonyl (C=S) groups is 1. The Hall–Kier alpha value is -3.35. The molecule has 172 valence electrons. The molecule has 4 aromatic rings. The van der Waals surface area contributed by atoms with Gasteiger partial charge in [0.05, 0.1) is 11.7 Å². The van der Waals surface area contributed by atoms with Gasteiger partial charge >= 0.3 is 0 Å². The number of nitrogens with one attached hydrogen (secondary N) is 1. The van der Waals surface area contributed by atoms with Gasteiger partial charge in [0, 0.05) is 54.3 Å². The minimum absolute atomic E-state index is 0.0985. The average Bonchev–Trinajstić information content (AvgIpc) is 3.45. The van der Waals surface area contributed by atoms with E-state index in [1.807, 2.05) is 57.5 Å². The summed E-state index contributed by atoms with van der Waals surface area (Å²) in [5.74, 6) is 0. The topological polar surface area (TPSA) is 36.3 Å². The highest BCUT2D eigenvalue weighted by Crippen LogP contribution is 2.42. The van der Waals surface area contributed by atoms with E-state index in [-0.39, 0.29) is 12.1 Å². The van der Waals surface area contributed by atoms with Gasteiger partial charge in [-0.25, -0.2) is 0 Å². The molecule has 1 N–H and O–H groups in total. The number of rotatable bonds is 5. The molecule has 0 amide bonds. The lowest BCUT2D eigenvalue weighted by molar-refractivity contribution is 0.549. The summed E-state index contributed by atoms with van der Waals surface area (Å²) in [6, 6.07) is 24.6. The summed E-state index contributed by atoms with van der Waals surface area (Å²) >= 11 is 12.2. The number of aromatic nitrogens is 2. The molecule has 3 heterocycles. The highest BCUT2D eigenvalue weighted by molar-refractivity contribution is 7.80. The predicted octanol–water partition coefficient (Wildman–Crippen LogP) is 6.08. The third kappa shape index (κ3) is 4.04. The molecule has 7 heteroatoms. The zero-order chi connectivity index (χ0) is 23.8. The van der Waals surface area contributed by atoms with Crippen LogP contribution in [0.15, 0.2) is 85.2 Å². The summed E-state index contributed by atoms with van der Waals surface area (Å²) in [6.45, 7) is 2.02. The molecule has 1 saturated heterocycles. The van der Waals surface area contributed by atoms with Crippen molar-refractivity contribution in [3.63, 3.8) is 0 Å². The van der Waals surface area contributed by atoms with E-state index in [2.05, 4.69) is 73.3 Å². The summed E-state index contributed by atoms with van der Waals surface area (Å²) < 4.78 is 2.21. The first-order valence-electron chi connectivity index (χ1n) is 11.2. The maximum atomic E-state index is 6.31. The highest BCUT2D eigenvalue weighted by Gasteiger charge is 2.42. The fraction of sp³-hybridized carbons (Fsp3) is 0.185. The first kappa shape index (κ1) is 22.4. The molecule has 2 atom stereocenters. The average molecular weight is 488 g/mol. The first-order valence-corrected chi connectivity index (χ1v) is 11.9. The predicted molar refractivity (Wildman–Crippen MR) is 144 cm³/mol. The van der Waals surface area contributed by atoms with Gasteiger partial charge in [-0.05, 0) is 91.4 Å². The standard InChI is InChI=1S/C27H26ClN5S/c1-18-17-21(13-14-22(18)28)32-16-6-8-24(32)26-25(23-7-4-5-15-29-23)30-27(34)33(26)20-11-9-19(10-12-20)31(2)3/h4-17,25-26H,1-3H3,(H,30,34)/t25-,26+/m0/s1. The lowest BCUT2D eigenvalue weighted by Gasteiger charge is -2.29. The molecule has 0 bridgehead atoms. The van der Waals surface area contributed by atoms with Gasteiger partial charge in [0.1, 0.15) is 6.04 Å². The minimum Gasteiger partial charge on any atom is -0.378 e. The normalized spacial score (nSPS) is 17.6. The molecule has 0 saturated carbocycles. The van der Waals surface area contributed by atoms with Gasteiger partial charge in [0.15, 0.2) is 5.11 Å². The number of benzene rings is 2. The number of pyridine rings is 1. The van der Waals surface area contributed by atoms with Crippen LogP contribution in [0.5, 0.6) is 0 Å². The fourth-order valence-corrected chi connectivity index (χ4v) is 4.96. The Bertz CT molecular complexity index is 1320. The number of halogens is 1. The van der Waals surface area contributed by atoms with Crippen molar-refractivity contribution in [1.29, 1.82) is 0 Å². The molecule has 1 aliphatic rings. The number of hydrogen-bond donors (Lipinski definition) is 1. The Morgan fingerprint density at radius 1 is 0.971 bits per heavy atom. The smallest absolute Gasteiger partial charge is 0.174 e. The maximum Gasteiger partial charge on any atom is 0.174 e. The Morgan fingerprint density at radius 2 is 1.74 bits per heavy atom. The van der Waals surface area contributed by atoms with Gasteiger partial charge in [-0.1, -0.05) is 17.7 Å². The number of anilines is 2. The van der Waals surface area contributed by atoms with Gasteiger partial charge in [0.2, 0.25) is 0 Å². The molecule has 5 rings (SSSR count). The van der Waals surface area contributed by atoms with Crippen molar-refractivity contribution in [3.8, 4) is 5.69 Å². The zero-order valence-electron chi connectivity index (χ0n) is 19.3. The third-order valence-electron chi connectivity index (χ3n) is 6.25. The largest absolute Gasteiger partial charge is 0.378 e. The second-order valence-electron chi connectivity index (χ2n) is 8.64. The number of nitrogens with zero attached hydrogens (tertiary/aromatic N) is 4. The van der Waals surface area contributed by atoms with Crippen LogP contribution >= 0.6 is 23.8 Å². The second-order valence-corrected chi connectivity index (χ2v) is 9.44. The van der Waals surface area contributed by atoms with E-state index in [0.29, 0.717) is 5.11 Å². The summed E-state index contributed by atoms with van der Waals surface area (Å²) in [5, 5.41) is 4.98. The molecule has 1 aliphatic heterocycles. The Balaban J connectivity index is 1.64. The van der Waals surface area contributed by atoms with E-state index in [0.717, 1.165) is 39.0 Å². The second kappa shape index (κ2) is 9.12. The fourth-order valence-electron chi connectivity index (χ4n) is 4.49. The van der Waals surface area contributed by atoms with Crippen molar-refractivity contribution in [1.82, 2.24) is 14.9 Å². The van der Waals surface area contributed by atoms with Crippen LogP contribution in [-0.2, 0) is 0 Å². The molecule has 0 spiro atoms. The van der Waals surface area contributed by atoms with Gasteiger partial charge in [0.25, 0.3) is 0 Å². The highest BCUT2D eigenvalue weighted by atomic mass is 35.5. The molecule has 5 nitrogen and oxygen atoms in total. The van der Waals surface area contributed by atoms with Gasteiger partial charge in [-0.15, -0.1) is 0 Å². The summed E-state index contributed by atoms with van der Waals surface area (Å²) in [7, 11) is 4.08. The summed E-state index contributed by atoms with van der Waals surface area (Å²) in [6.07, 6.45) is 3.91. The van der Waals surface area contributed by atoms with E-state index in [4.69, 9.17) is 23.8 Å². The molecule has 0 radical (unpaired) electrons.